The van der Waals surface area contributed by atoms with E-state index >= 15 is 0 Å². The topological polar surface area (TPSA) is 72.0 Å². The summed E-state index contributed by atoms with van der Waals surface area (Å²) in [7, 11) is -3.78. The van der Waals surface area contributed by atoms with Crippen molar-refractivity contribution in [2.24, 2.45) is 0 Å². The molecule has 1 N–H and O–H groups in total. The van der Waals surface area contributed by atoms with Gasteiger partial charge in [-0.3, -0.25) is 4.72 Å². The van der Waals surface area contributed by atoms with Crippen LogP contribution in [0.5, 0.6) is 0 Å². The maximum absolute atomic E-state index is 12.0. The molecule has 1 aromatic heterocycles. The summed E-state index contributed by atoms with van der Waals surface area (Å²) in [6, 6.07) is 6.93. The number of benzene rings is 1. The van der Waals surface area contributed by atoms with E-state index in [9.17, 15) is 8.42 Å². The number of rotatable bonds is 3. The number of nitrogens with one attached hydrogen (secondary N) is 1. The van der Waals surface area contributed by atoms with E-state index in [-0.39, 0.29) is 21.2 Å². The lowest BCUT2D eigenvalue weighted by atomic mass is 10.4. The van der Waals surface area contributed by atoms with Gasteiger partial charge in [-0.05, 0) is 35.9 Å². The van der Waals surface area contributed by atoms with Crippen molar-refractivity contribution >= 4 is 50.6 Å². The molecule has 0 bridgehead atoms. The van der Waals surface area contributed by atoms with Crippen LogP contribution in [0.25, 0.3) is 0 Å². The molecule has 0 amide bonds. The Bertz CT molecular complexity index is 684. The number of hydrogen-bond acceptors (Lipinski definition) is 4. The molecule has 0 saturated heterocycles. The first kappa shape index (κ1) is 14.3. The van der Waals surface area contributed by atoms with Crippen LogP contribution in [-0.4, -0.2) is 18.4 Å². The third-order valence-electron chi connectivity index (χ3n) is 2.03. The fourth-order valence-electron chi connectivity index (χ4n) is 1.25. The third-order valence-corrected chi connectivity index (χ3v) is 4.02. The summed E-state index contributed by atoms with van der Waals surface area (Å²) in [6.07, 6.45) is 0. The van der Waals surface area contributed by atoms with Crippen LogP contribution in [0.4, 0.5) is 5.82 Å². The minimum absolute atomic E-state index is 0.0139. The van der Waals surface area contributed by atoms with Gasteiger partial charge in [-0.25, -0.2) is 13.4 Å². The Morgan fingerprint density at radius 1 is 1.00 bits per heavy atom. The molecule has 2 aromatic rings. The highest BCUT2D eigenvalue weighted by molar-refractivity contribution is 7.92. The molecule has 5 nitrogen and oxygen atoms in total. The number of aromatic nitrogens is 2. The highest BCUT2D eigenvalue weighted by Crippen LogP contribution is 2.19. The zero-order valence-corrected chi connectivity index (χ0v) is 12.2. The van der Waals surface area contributed by atoms with Gasteiger partial charge in [-0.1, -0.05) is 23.2 Å². The van der Waals surface area contributed by atoms with Crippen LogP contribution < -0.4 is 4.72 Å². The van der Waals surface area contributed by atoms with Crippen molar-refractivity contribution in [2.75, 3.05) is 4.72 Å². The molecule has 0 unspecified atom stereocenters. The number of anilines is 1. The fraction of sp³-hybridized carbons (Fsp3) is 0. The zero-order chi connectivity index (χ0) is 14.0. The minimum atomic E-state index is -3.78. The van der Waals surface area contributed by atoms with Crippen LogP contribution in [0.2, 0.25) is 15.5 Å². The second-order valence-electron chi connectivity index (χ2n) is 3.40. The van der Waals surface area contributed by atoms with Crippen LogP contribution in [0.3, 0.4) is 0 Å². The standard InChI is InChI=1S/C10H6Cl3N3O2S/c11-6-1-3-7(4-2-6)19(17,18)16-9-5-8(12)14-10(13)15-9/h1-5H,(H,14,15,16). The van der Waals surface area contributed by atoms with Crippen LogP contribution in [0, 0.1) is 0 Å². The van der Waals surface area contributed by atoms with Gasteiger partial charge in [0, 0.05) is 11.1 Å². The predicted molar refractivity (Wildman–Crippen MR) is 74.3 cm³/mol. The number of sulfonamides is 1. The summed E-state index contributed by atoms with van der Waals surface area (Å²) < 4.78 is 26.3. The second kappa shape index (κ2) is 5.50. The van der Waals surface area contributed by atoms with Crippen LogP contribution >= 0.6 is 34.8 Å². The molecular weight excluding hydrogens is 333 g/mol. The second-order valence-corrected chi connectivity index (χ2v) is 6.25. The zero-order valence-electron chi connectivity index (χ0n) is 9.14. The van der Waals surface area contributed by atoms with Gasteiger partial charge in [0.25, 0.3) is 10.0 Å². The smallest absolute Gasteiger partial charge is 0.263 e. The van der Waals surface area contributed by atoms with Crippen LogP contribution in [-0.2, 0) is 10.0 Å². The molecule has 0 radical (unpaired) electrons. The van der Waals surface area contributed by atoms with Crippen molar-refractivity contribution in [2.45, 2.75) is 4.90 Å². The van der Waals surface area contributed by atoms with Gasteiger partial charge in [0.1, 0.15) is 11.0 Å². The largest absolute Gasteiger partial charge is 0.263 e. The van der Waals surface area contributed by atoms with E-state index in [1.54, 1.807) is 0 Å². The van der Waals surface area contributed by atoms with Gasteiger partial charge in [0.05, 0.1) is 4.90 Å². The molecule has 9 heteroatoms. The van der Waals surface area contributed by atoms with Crippen LogP contribution in [0.15, 0.2) is 35.2 Å². The first-order valence-corrected chi connectivity index (χ1v) is 7.47. The van der Waals surface area contributed by atoms with E-state index in [0.717, 1.165) is 0 Å². The first-order chi connectivity index (χ1) is 8.87. The quantitative estimate of drug-likeness (QED) is 0.689. The van der Waals surface area contributed by atoms with Crippen molar-refractivity contribution in [3.63, 3.8) is 0 Å². The monoisotopic (exact) mass is 337 g/mol. The molecule has 0 fully saturated rings. The summed E-state index contributed by atoms with van der Waals surface area (Å²) in [5, 5.41) is 0.321. The lowest BCUT2D eigenvalue weighted by Gasteiger charge is -2.07. The Morgan fingerprint density at radius 2 is 1.63 bits per heavy atom. The van der Waals surface area contributed by atoms with Crippen molar-refractivity contribution in [1.29, 1.82) is 0 Å². The van der Waals surface area contributed by atoms with E-state index in [1.165, 1.54) is 30.3 Å². The van der Waals surface area contributed by atoms with Gasteiger partial charge in [0.2, 0.25) is 5.28 Å². The molecule has 0 spiro atoms. The van der Waals surface area contributed by atoms with Crippen molar-refractivity contribution in [3.8, 4) is 0 Å². The fourth-order valence-corrected chi connectivity index (χ4v) is 2.78. The van der Waals surface area contributed by atoms with Gasteiger partial charge in [-0.2, -0.15) is 4.98 Å². The first-order valence-electron chi connectivity index (χ1n) is 4.85. The summed E-state index contributed by atoms with van der Waals surface area (Å²) in [5.41, 5.74) is 0. The normalized spacial score (nSPS) is 11.3. The van der Waals surface area contributed by atoms with E-state index in [2.05, 4.69) is 14.7 Å². The SMILES string of the molecule is O=S(=O)(Nc1cc(Cl)nc(Cl)n1)c1ccc(Cl)cc1. The molecule has 1 heterocycles. The Balaban J connectivity index is 2.33. The molecule has 2 rings (SSSR count). The van der Waals surface area contributed by atoms with E-state index in [1.807, 2.05) is 0 Å². The maximum Gasteiger partial charge on any atom is 0.263 e. The Hall–Kier alpha value is -1.08. The summed E-state index contributed by atoms with van der Waals surface area (Å²) >= 11 is 16.9. The third kappa shape index (κ3) is 3.70. The average molecular weight is 339 g/mol. The Kier molecular flexibility index (Phi) is 4.15. The lowest BCUT2D eigenvalue weighted by Crippen LogP contribution is -2.14. The van der Waals surface area contributed by atoms with E-state index in [4.69, 9.17) is 34.8 Å². The highest BCUT2D eigenvalue weighted by Gasteiger charge is 2.15. The van der Waals surface area contributed by atoms with Crippen molar-refractivity contribution < 1.29 is 8.42 Å². The maximum atomic E-state index is 12.0. The van der Waals surface area contributed by atoms with E-state index < -0.39 is 10.0 Å². The highest BCUT2D eigenvalue weighted by atomic mass is 35.5. The molecule has 0 atom stereocenters. The predicted octanol–water partition coefficient (Wildman–Crippen LogP) is 3.24. The molecule has 100 valence electrons. The molecule has 0 aliphatic rings. The van der Waals surface area contributed by atoms with Gasteiger partial charge < -0.3 is 0 Å². The van der Waals surface area contributed by atoms with Gasteiger partial charge in [0.15, 0.2) is 0 Å². The molecular formula is C10H6Cl3N3O2S. The van der Waals surface area contributed by atoms with Gasteiger partial charge >= 0.3 is 0 Å². The number of nitrogens with zero attached hydrogens (tertiary/aromatic N) is 2. The lowest BCUT2D eigenvalue weighted by molar-refractivity contribution is 0.601. The molecule has 19 heavy (non-hydrogen) atoms. The van der Waals surface area contributed by atoms with Crippen molar-refractivity contribution in [1.82, 2.24) is 9.97 Å². The Labute approximate surface area is 124 Å². The average Bonchev–Trinajstić information content (AvgIpc) is 2.27. The number of hydrogen-bond donors (Lipinski definition) is 1. The van der Waals surface area contributed by atoms with E-state index in [0.29, 0.717) is 5.02 Å². The van der Waals surface area contributed by atoms with Gasteiger partial charge in [-0.15, -0.1) is 0 Å². The minimum Gasteiger partial charge on any atom is -0.263 e. The molecule has 1 aromatic carbocycles. The molecule has 0 aliphatic carbocycles. The summed E-state index contributed by atoms with van der Waals surface area (Å²) in [5.74, 6) is -0.0139. The Morgan fingerprint density at radius 3 is 2.21 bits per heavy atom. The summed E-state index contributed by atoms with van der Waals surface area (Å²) in [4.78, 5) is 7.38. The molecule has 0 aliphatic heterocycles. The van der Waals surface area contributed by atoms with Crippen molar-refractivity contribution in [3.05, 3.63) is 45.8 Å². The number of halogens is 3. The van der Waals surface area contributed by atoms with Crippen LogP contribution in [0.1, 0.15) is 0 Å². The summed E-state index contributed by atoms with van der Waals surface area (Å²) in [6.45, 7) is 0. The molecule has 0 saturated carbocycles.